The van der Waals surface area contributed by atoms with Crippen LogP contribution in [-0.4, -0.2) is 26.4 Å². The quantitative estimate of drug-likeness (QED) is 0.359. The first kappa shape index (κ1) is 20.5. The number of nitrogens with zero attached hydrogens (tertiary/aromatic N) is 3. The molecule has 1 heterocycles. The van der Waals surface area contributed by atoms with Crippen molar-refractivity contribution < 1.29 is 4.79 Å². The Balaban J connectivity index is 1.41. The maximum Gasteiger partial charge on any atom is 0.234 e. The summed E-state index contributed by atoms with van der Waals surface area (Å²) < 4.78 is 1.86. The summed E-state index contributed by atoms with van der Waals surface area (Å²) in [5.74, 6) is 0.123. The van der Waals surface area contributed by atoms with Gasteiger partial charge in [0.2, 0.25) is 5.91 Å². The Kier molecular flexibility index (Phi) is 6.74. The van der Waals surface area contributed by atoms with Crippen molar-refractivity contribution in [3.8, 4) is 5.69 Å². The summed E-state index contributed by atoms with van der Waals surface area (Å²) in [5.41, 5.74) is 1.72. The lowest BCUT2D eigenvalue weighted by molar-refractivity contribution is -0.113. The molecule has 4 rings (SSSR count). The van der Waals surface area contributed by atoms with E-state index in [0.29, 0.717) is 10.2 Å². The fourth-order valence-electron chi connectivity index (χ4n) is 2.69. The van der Waals surface area contributed by atoms with Gasteiger partial charge in [-0.2, -0.15) is 0 Å². The van der Waals surface area contributed by atoms with Crippen LogP contribution in [0, 0.1) is 0 Å². The zero-order valence-corrected chi connectivity index (χ0v) is 18.1. The average molecular weight is 453 g/mol. The molecule has 0 fully saturated rings. The number of thioether (sulfide) groups is 1. The van der Waals surface area contributed by atoms with Gasteiger partial charge in [0.15, 0.2) is 5.16 Å². The molecule has 0 aliphatic carbocycles. The Morgan fingerprint density at radius 3 is 2.50 bits per heavy atom. The molecule has 8 heteroatoms. The molecule has 0 spiro atoms. The zero-order valence-electron chi connectivity index (χ0n) is 15.7. The van der Waals surface area contributed by atoms with E-state index >= 15 is 0 Å². The molecular weight excluding hydrogens is 436 g/mol. The Morgan fingerprint density at radius 1 is 0.967 bits per heavy atom. The van der Waals surface area contributed by atoms with Crippen LogP contribution in [0.5, 0.6) is 0 Å². The standard InChI is InChI=1S/C22H17ClN4OS2/c23-16-10-12-18(13-11-16)30-20-9-5-4-8-19(20)25-21(28)14-29-22-26-24-15-27(22)17-6-2-1-3-7-17/h1-13,15H,14H2,(H,25,28). The highest BCUT2D eigenvalue weighted by molar-refractivity contribution is 8.00. The van der Waals surface area contributed by atoms with Gasteiger partial charge in [-0.1, -0.05) is 65.5 Å². The number of hydrogen-bond acceptors (Lipinski definition) is 5. The number of para-hydroxylation sites is 2. The number of carbonyl (C=O) groups is 1. The van der Waals surface area contributed by atoms with Crippen LogP contribution >= 0.6 is 35.1 Å². The third kappa shape index (κ3) is 5.24. The van der Waals surface area contributed by atoms with Gasteiger partial charge in [-0.25, -0.2) is 0 Å². The topological polar surface area (TPSA) is 59.8 Å². The summed E-state index contributed by atoms with van der Waals surface area (Å²) in [6.45, 7) is 0. The van der Waals surface area contributed by atoms with Gasteiger partial charge in [0.1, 0.15) is 6.33 Å². The summed E-state index contributed by atoms with van der Waals surface area (Å²) in [4.78, 5) is 14.6. The minimum atomic E-state index is -0.105. The second-order valence-corrected chi connectivity index (χ2v) is 8.70. The first-order valence-electron chi connectivity index (χ1n) is 9.09. The van der Waals surface area contributed by atoms with Crippen molar-refractivity contribution in [2.75, 3.05) is 11.1 Å². The molecule has 0 aliphatic heterocycles. The largest absolute Gasteiger partial charge is 0.324 e. The average Bonchev–Trinajstić information content (AvgIpc) is 3.25. The van der Waals surface area contributed by atoms with Crippen LogP contribution in [0.3, 0.4) is 0 Å². The number of hydrogen-bond donors (Lipinski definition) is 1. The van der Waals surface area contributed by atoms with E-state index in [1.54, 1.807) is 18.1 Å². The van der Waals surface area contributed by atoms with Crippen LogP contribution < -0.4 is 5.32 Å². The van der Waals surface area contributed by atoms with Gasteiger partial charge in [0, 0.05) is 20.5 Å². The molecule has 30 heavy (non-hydrogen) atoms. The smallest absolute Gasteiger partial charge is 0.234 e. The van der Waals surface area contributed by atoms with Crippen LogP contribution in [0.4, 0.5) is 5.69 Å². The third-order valence-corrected chi connectivity index (χ3v) is 6.36. The molecule has 1 N–H and O–H groups in total. The van der Waals surface area contributed by atoms with Gasteiger partial charge in [-0.3, -0.25) is 9.36 Å². The fraction of sp³-hybridized carbons (Fsp3) is 0.0455. The van der Waals surface area contributed by atoms with Gasteiger partial charge < -0.3 is 5.32 Å². The molecule has 0 aliphatic rings. The maximum absolute atomic E-state index is 12.6. The van der Waals surface area contributed by atoms with Crippen molar-refractivity contribution in [2.45, 2.75) is 14.9 Å². The number of aromatic nitrogens is 3. The van der Waals surface area contributed by atoms with Crippen LogP contribution in [0.15, 0.2) is 100 Å². The maximum atomic E-state index is 12.6. The third-order valence-electron chi connectivity index (χ3n) is 4.09. The fourth-order valence-corrected chi connectivity index (χ4v) is 4.45. The molecule has 5 nitrogen and oxygen atoms in total. The lowest BCUT2D eigenvalue weighted by Gasteiger charge is -2.11. The monoisotopic (exact) mass is 452 g/mol. The number of amides is 1. The lowest BCUT2D eigenvalue weighted by atomic mass is 10.3. The SMILES string of the molecule is O=C(CSc1nncn1-c1ccccc1)Nc1ccccc1Sc1ccc(Cl)cc1. The van der Waals surface area contributed by atoms with Gasteiger partial charge in [0.25, 0.3) is 0 Å². The molecule has 1 aromatic heterocycles. The summed E-state index contributed by atoms with van der Waals surface area (Å²) in [6.07, 6.45) is 1.65. The van der Waals surface area contributed by atoms with E-state index in [9.17, 15) is 4.79 Å². The predicted octanol–water partition coefficient (Wildman–Crippen LogP) is 5.80. The van der Waals surface area contributed by atoms with Gasteiger partial charge in [-0.05, 0) is 48.5 Å². The van der Waals surface area contributed by atoms with E-state index in [4.69, 9.17) is 11.6 Å². The Morgan fingerprint density at radius 2 is 1.70 bits per heavy atom. The number of rotatable bonds is 7. The molecule has 1 amide bonds. The highest BCUT2D eigenvalue weighted by Crippen LogP contribution is 2.34. The van der Waals surface area contributed by atoms with Crippen molar-refractivity contribution in [2.24, 2.45) is 0 Å². The van der Waals surface area contributed by atoms with E-state index in [1.165, 1.54) is 11.8 Å². The minimum absolute atomic E-state index is 0.105. The number of anilines is 1. The summed E-state index contributed by atoms with van der Waals surface area (Å²) in [7, 11) is 0. The predicted molar refractivity (Wildman–Crippen MR) is 123 cm³/mol. The van der Waals surface area contributed by atoms with E-state index in [0.717, 1.165) is 21.2 Å². The van der Waals surface area contributed by atoms with Crippen molar-refractivity contribution in [3.05, 3.63) is 90.2 Å². The molecule has 0 saturated carbocycles. The second-order valence-electron chi connectivity index (χ2n) is 6.21. The summed E-state index contributed by atoms with van der Waals surface area (Å²) in [5, 5.41) is 12.5. The van der Waals surface area contributed by atoms with Crippen LogP contribution in [0.1, 0.15) is 0 Å². The van der Waals surface area contributed by atoms with Crippen LogP contribution in [0.2, 0.25) is 5.02 Å². The van der Waals surface area contributed by atoms with E-state index in [-0.39, 0.29) is 11.7 Å². The van der Waals surface area contributed by atoms with Gasteiger partial charge in [0.05, 0.1) is 11.4 Å². The van der Waals surface area contributed by atoms with Crippen molar-refractivity contribution in [1.82, 2.24) is 14.8 Å². The van der Waals surface area contributed by atoms with Crippen molar-refractivity contribution in [1.29, 1.82) is 0 Å². The number of halogens is 1. The Hall–Kier alpha value is -2.74. The highest BCUT2D eigenvalue weighted by atomic mass is 35.5. The van der Waals surface area contributed by atoms with E-state index in [2.05, 4.69) is 15.5 Å². The molecule has 0 radical (unpaired) electrons. The number of benzene rings is 3. The number of carbonyl (C=O) groups excluding carboxylic acids is 1. The summed E-state index contributed by atoms with van der Waals surface area (Å²) >= 11 is 8.88. The molecule has 4 aromatic rings. The van der Waals surface area contributed by atoms with Crippen LogP contribution in [-0.2, 0) is 4.79 Å². The van der Waals surface area contributed by atoms with Crippen molar-refractivity contribution >= 4 is 46.7 Å². The molecular formula is C22H17ClN4OS2. The molecule has 0 bridgehead atoms. The Bertz CT molecular complexity index is 1130. The molecule has 3 aromatic carbocycles. The van der Waals surface area contributed by atoms with Crippen molar-refractivity contribution in [3.63, 3.8) is 0 Å². The zero-order chi connectivity index (χ0) is 20.8. The minimum Gasteiger partial charge on any atom is -0.324 e. The molecule has 0 saturated heterocycles. The normalized spacial score (nSPS) is 10.7. The summed E-state index contributed by atoms with van der Waals surface area (Å²) in [6, 6.07) is 25.1. The second kappa shape index (κ2) is 9.84. The first-order chi connectivity index (χ1) is 14.7. The van der Waals surface area contributed by atoms with Gasteiger partial charge >= 0.3 is 0 Å². The van der Waals surface area contributed by atoms with Crippen LogP contribution in [0.25, 0.3) is 5.69 Å². The molecule has 0 atom stereocenters. The molecule has 150 valence electrons. The number of nitrogens with one attached hydrogen (secondary N) is 1. The Labute approximate surface area is 187 Å². The lowest BCUT2D eigenvalue weighted by Crippen LogP contribution is -2.15. The van der Waals surface area contributed by atoms with Gasteiger partial charge in [-0.15, -0.1) is 10.2 Å². The molecule has 0 unspecified atom stereocenters. The van der Waals surface area contributed by atoms with E-state index in [1.807, 2.05) is 83.4 Å². The van der Waals surface area contributed by atoms with E-state index < -0.39 is 0 Å². The first-order valence-corrected chi connectivity index (χ1v) is 11.3. The highest BCUT2D eigenvalue weighted by Gasteiger charge is 2.12.